The zero-order chi connectivity index (χ0) is 13.2. The summed E-state index contributed by atoms with van der Waals surface area (Å²) in [5.74, 6) is 1.85. The van der Waals surface area contributed by atoms with Gasteiger partial charge < -0.3 is 15.1 Å². The van der Waals surface area contributed by atoms with Gasteiger partial charge in [-0.05, 0) is 43.5 Å². The highest BCUT2D eigenvalue weighted by Crippen LogP contribution is 2.29. The zero-order valence-electron chi connectivity index (χ0n) is 11.4. The second kappa shape index (κ2) is 5.10. The number of hydrogen-bond donors (Lipinski definition) is 1. The van der Waals surface area contributed by atoms with Crippen molar-refractivity contribution >= 4 is 5.69 Å². The van der Waals surface area contributed by atoms with Gasteiger partial charge in [0.25, 0.3) is 0 Å². The van der Waals surface area contributed by atoms with Crippen molar-refractivity contribution in [1.82, 2.24) is 0 Å². The normalized spacial score (nSPS) is 14.5. The first kappa shape index (κ1) is 12.3. The summed E-state index contributed by atoms with van der Waals surface area (Å²) in [7, 11) is 0. The second-order valence-electron chi connectivity index (χ2n) is 5.23. The Morgan fingerprint density at radius 2 is 2.05 bits per heavy atom. The molecule has 1 aliphatic heterocycles. The Kier molecular flexibility index (Phi) is 3.30. The van der Waals surface area contributed by atoms with Crippen LogP contribution in [0.25, 0.3) is 0 Å². The van der Waals surface area contributed by atoms with Crippen molar-refractivity contribution in [2.45, 2.75) is 32.9 Å². The molecule has 0 radical (unpaired) electrons. The van der Waals surface area contributed by atoms with Crippen LogP contribution in [0.5, 0.6) is 0 Å². The topological polar surface area (TPSA) is 42.4 Å². The number of anilines is 1. The van der Waals surface area contributed by atoms with E-state index < -0.39 is 0 Å². The molecule has 2 N–H and O–H groups in total. The molecular formula is C16H20N2O. The van der Waals surface area contributed by atoms with E-state index in [0.29, 0.717) is 6.54 Å². The van der Waals surface area contributed by atoms with Gasteiger partial charge in [-0.15, -0.1) is 0 Å². The standard InChI is InChI=1S/C16H20N2O/c1-12-4-7-16-13(9-12)3-2-8-18(16)11-15-6-5-14(10-17)19-15/h4-7,9H,2-3,8,10-11,17H2,1H3. The summed E-state index contributed by atoms with van der Waals surface area (Å²) in [5, 5.41) is 0. The van der Waals surface area contributed by atoms with Crippen LogP contribution < -0.4 is 10.6 Å². The summed E-state index contributed by atoms with van der Waals surface area (Å²) in [6.45, 7) is 4.54. The molecule has 3 rings (SSSR count). The molecule has 0 spiro atoms. The molecule has 0 unspecified atom stereocenters. The second-order valence-corrected chi connectivity index (χ2v) is 5.23. The number of nitrogens with zero attached hydrogens (tertiary/aromatic N) is 1. The van der Waals surface area contributed by atoms with E-state index in [4.69, 9.17) is 10.2 Å². The first-order chi connectivity index (χ1) is 9.26. The highest BCUT2D eigenvalue weighted by Gasteiger charge is 2.18. The van der Waals surface area contributed by atoms with Gasteiger partial charge in [-0.3, -0.25) is 0 Å². The molecule has 100 valence electrons. The molecule has 1 aromatic heterocycles. The van der Waals surface area contributed by atoms with Crippen molar-refractivity contribution in [2.75, 3.05) is 11.4 Å². The van der Waals surface area contributed by atoms with E-state index in [1.165, 1.54) is 29.7 Å². The van der Waals surface area contributed by atoms with Crippen LogP contribution in [-0.4, -0.2) is 6.54 Å². The van der Waals surface area contributed by atoms with Crippen LogP contribution in [0.3, 0.4) is 0 Å². The van der Waals surface area contributed by atoms with E-state index in [9.17, 15) is 0 Å². The van der Waals surface area contributed by atoms with Crippen molar-refractivity contribution in [3.63, 3.8) is 0 Å². The van der Waals surface area contributed by atoms with Crippen molar-refractivity contribution < 1.29 is 4.42 Å². The van der Waals surface area contributed by atoms with Gasteiger partial charge in [-0.25, -0.2) is 0 Å². The molecule has 2 aromatic rings. The van der Waals surface area contributed by atoms with Crippen LogP contribution >= 0.6 is 0 Å². The van der Waals surface area contributed by atoms with Crippen LogP contribution in [0.15, 0.2) is 34.7 Å². The Balaban J connectivity index is 1.83. The summed E-state index contributed by atoms with van der Waals surface area (Å²) in [5.41, 5.74) is 9.72. The van der Waals surface area contributed by atoms with E-state index in [1.807, 2.05) is 12.1 Å². The molecule has 0 amide bonds. The lowest BCUT2D eigenvalue weighted by atomic mass is 9.99. The Hall–Kier alpha value is -1.74. The minimum absolute atomic E-state index is 0.468. The van der Waals surface area contributed by atoms with Crippen molar-refractivity contribution in [3.8, 4) is 0 Å². The monoisotopic (exact) mass is 256 g/mol. The smallest absolute Gasteiger partial charge is 0.123 e. The van der Waals surface area contributed by atoms with Gasteiger partial charge in [-0.1, -0.05) is 17.7 Å². The number of furan rings is 1. The predicted molar refractivity (Wildman–Crippen MR) is 77.1 cm³/mol. The Bertz CT molecular complexity index is 574. The van der Waals surface area contributed by atoms with Gasteiger partial charge in [0.1, 0.15) is 11.5 Å². The first-order valence-electron chi connectivity index (χ1n) is 6.88. The maximum absolute atomic E-state index is 5.71. The van der Waals surface area contributed by atoms with Crippen LogP contribution in [0.1, 0.15) is 29.1 Å². The van der Waals surface area contributed by atoms with Gasteiger partial charge in [0.05, 0.1) is 13.1 Å². The van der Waals surface area contributed by atoms with Crippen LogP contribution in [0.2, 0.25) is 0 Å². The largest absolute Gasteiger partial charge is 0.463 e. The van der Waals surface area contributed by atoms with Crippen molar-refractivity contribution in [3.05, 3.63) is 53.0 Å². The van der Waals surface area contributed by atoms with Gasteiger partial charge in [0.15, 0.2) is 0 Å². The summed E-state index contributed by atoms with van der Waals surface area (Å²) in [4.78, 5) is 2.40. The maximum atomic E-state index is 5.71. The molecule has 19 heavy (non-hydrogen) atoms. The molecule has 0 aliphatic carbocycles. The third-order valence-electron chi connectivity index (χ3n) is 3.72. The van der Waals surface area contributed by atoms with E-state index in [0.717, 1.165) is 24.6 Å². The fourth-order valence-corrected chi connectivity index (χ4v) is 2.77. The molecule has 3 heteroatoms. The summed E-state index contributed by atoms with van der Waals surface area (Å²) >= 11 is 0. The third kappa shape index (κ3) is 2.51. The van der Waals surface area contributed by atoms with E-state index >= 15 is 0 Å². The van der Waals surface area contributed by atoms with Crippen LogP contribution in [0, 0.1) is 6.92 Å². The summed E-state index contributed by atoms with van der Waals surface area (Å²) in [6, 6.07) is 10.7. The van der Waals surface area contributed by atoms with Crippen LogP contribution in [-0.2, 0) is 19.5 Å². The lowest BCUT2D eigenvalue weighted by Crippen LogP contribution is -2.28. The predicted octanol–water partition coefficient (Wildman–Crippen LogP) is 3.00. The van der Waals surface area contributed by atoms with Crippen molar-refractivity contribution in [2.24, 2.45) is 5.73 Å². The lowest BCUT2D eigenvalue weighted by Gasteiger charge is -2.30. The maximum Gasteiger partial charge on any atom is 0.123 e. The molecule has 1 aliphatic rings. The Morgan fingerprint density at radius 3 is 2.84 bits per heavy atom. The number of hydrogen-bond acceptors (Lipinski definition) is 3. The number of fused-ring (bicyclic) bond motifs is 1. The highest BCUT2D eigenvalue weighted by molar-refractivity contribution is 5.56. The fourth-order valence-electron chi connectivity index (χ4n) is 2.77. The molecule has 0 saturated carbocycles. The molecule has 2 heterocycles. The lowest BCUT2D eigenvalue weighted by molar-refractivity contribution is 0.459. The zero-order valence-corrected chi connectivity index (χ0v) is 11.4. The number of rotatable bonds is 3. The molecule has 1 aromatic carbocycles. The minimum Gasteiger partial charge on any atom is -0.463 e. The Labute approximate surface area is 114 Å². The van der Waals surface area contributed by atoms with E-state index in [1.54, 1.807) is 0 Å². The molecule has 0 bridgehead atoms. The number of nitrogens with two attached hydrogens (primary N) is 1. The van der Waals surface area contributed by atoms with Crippen LogP contribution in [0.4, 0.5) is 5.69 Å². The molecule has 0 atom stereocenters. The Morgan fingerprint density at radius 1 is 1.21 bits per heavy atom. The average Bonchev–Trinajstić information content (AvgIpc) is 2.86. The molecule has 0 saturated heterocycles. The van der Waals surface area contributed by atoms with E-state index in [-0.39, 0.29) is 0 Å². The molecule has 0 fully saturated rings. The average molecular weight is 256 g/mol. The van der Waals surface area contributed by atoms with Gasteiger partial charge in [0.2, 0.25) is 0 Å². The SMILES string of the molecule is Cc1ccc2c(c1)CCCN2Cc1ccc(CN)o1. The third-order valence-corrected chi connectivity index (χ3v) is 3.72. The number of benzene rings is 1. The van der Waals surface area contributed by atoms with Gasteiger partial charge in [-0.2, -0.15) is 0 Å². The number of aryl methyl sites for hydroxylation is 2. The minimum atomic E-state index is 0.468. The first-order valence-corrected chi connectivity index (χ1v) is 6.88. The van der Waals surface area contributed by atoms with Crippen molar-refractivity contribution in [1.29, 1.82) is 0 Å². The quantitative estimate of drug-likeness (QED) is 0.918. The highest BCUT2D eigenvalue weighted by atomic mass is 16.3. The summed E-state index contributed by atoms with van der Waals surface area (Å²) in [6.07, 6.45) is 2.39. The van der Waals surface area contributed by atoms with Gasteiger partial charge in [0, 0.05) is 12.2 Å². The fraction of sp³-hybridized carbons (Fsp3) is 0.375. The van der Waals surface area contributed by atoms with E-state index in [2.05, 4.69) is 30.0 Å². The van der Waals surface area contributed by atoms with Gasteiger partial charge >= 0.3 is 0 Å². The molecule has 3 nitrogen and oxygen atoms in total. The molecular weight excluding hydrogens is 236 g/mol. The summed E-state index contributed by atoms with van der Waals surface area (Å²) < 4.78 is 5.71.